The smallest absolute Gasteiger partial charge is 0.270 e. The minimum absolute atomic E-state index is 0.0338. The number of benzene rings is 1. The molecule has 1 heterocycles. The van der Waals surface area contributed by atoms with Crippen molar-refractivity contribution < 1.29 is 14.5 Å². The van der Waals surface area contributed by atoms with Gasteiger partial charge in [0.15, 0.2) is 0 Å². The van der Waals surface area contributed by atoms with E-state index in [0.717, 1.165) is 25.9 Å². The molecular weight excluding hydrogens is 401 g/mol. The Morgan fingerprint density at radius 1 is 1.32 bits per heavy atom. The molecule has 1 aliphatic heterocycles. The Labute approximate surface area is 141 Å². The van der Waals surface area contributed by atoms with Crippen LogP contribution in [-0.4, -0.2) is 41.3 Å². The molecule has 7 nitrogen and oxygen atoms in total. The summed E-state index contributed by atoms with van der Waals surface area (Å²) in [6, 6.07) is 4.14. The highest BCUT2D eigenvalue weighted by Crippen LogP contribution is 2.19. The largest absolute Gasteiger partial charge is 0.351 e. The second kappa shape index (κ2) is 7.52. The topological polar surface area (TPSA) is 92.6 Å². The number of halogens is 1. The van der Waals surface area contributed by atoms with Crippen LogP contribution in [-0.2, 0) is 4.79 Å². The van der Waals surface area contributed by atoms with Crippen molar-refractivity contribution in [3.8, 4) is 0 Å². The van der Waals surface area contributed by atoms with Gasteiger partial charge in [0.2, 0.25) is 5.91 Å². The number of hydrogen-bond donors (Lipinski definition) is 1. The monoisotopic (exact) mass is 417 g/mol. The van der Waals surface area contributed by atoms with E-state index in [4.69, 9.17) is 0 Å². The number of nitro benzene ring substituents is 1. The van der Waals surface area contributed by atoms with Crippen LogP contribution in [0.2, 0.25) is 0 Å². The zero-order valence-electron chi connectivity index (χ0n) is 11.9. The number of rotatable bonds is 5. The number of carbonyl (C=O) groups excluding carboxylic acids is 2. The van der Waals surface area contributed by atoms with Gasteiger partial charge in [-0.2, -0.15) is 0 Å². The summed E-state index contributed by atoms with van der Waals surface area (Å²) in [6.45, 7) is 1.80. The minimum Gasteiger partial charge on any atom is -0.351 e. The zero-order chi connectivity index (χ0) is 16.1. The van der Waals surface area contributed by atoms with Gasteiger partial charge in [0.05, 0.1) is 10.5 Å². The average molecular weight is 417 g/mol. The maximum atomic E-state index is 12.1. The van der Waals surface area contributed by atoms with E-state index in [2.05, 4.69) is 5.32 Å². The van der Waals surface area contributed by atoms with Crippen molar-refractivity contribution >= 4 is 40.1 Å². The predicted octanol–water partition coefficient (Wildman–Crippen LogP) is 1.94. The van der Waals surface area contributed by atoms with Crippen LogP contribution in [0.5, 0.6) is 0 Å². The van der Waals surface area contributed by atoms with Crippen molar-refractivity contribution in [2.45, 2.75) is 19.3 Å². The minimum atomic E-state index is -0.538. The highest BCUT2D eigenvalue weighted by atomic mass is 127. The molecule has 2 rings (SSSR count). The summed E-state index contributed by atoms with van der Waals surface area (Å²) in [5, 5.41) is 13.4. The third-order valence-electron chi connectivity index (χ3n) is 3.49. The Hall–Kier alpha value is -1.71. The molecule has 0 radical (unpaired) electrons. The first kappa shape index (κ1) is 16.7. The molecule has 1 fully saturated rings. The van der Waals surface area contributed by atoms with Gasteiger partial charge in [0, 0.05) is 41.8 Å². The van der Waals surface area contributed by atoms with E-state index < -0.39 is 10.8 Å². The molecule has 1 aromatic rings. The van der Waals surface area contributed by atoms with E-state index >= 15 is 0 Å². The van der Waals surface area contributed by atoms with Gasteiger partial charge in [-0.3, -0.25) is 19.7 Å². The summed E-state index contributed by atoms with van der Waals surface area (Å²) in [5.74, 6) is -0.367. The predicted molar refractivity (Wildman–Crippen MR) is 88.6 cm³/mol. The van der Waals surface area contributed by atoms with Gasteiger partial charge in [-0.05, 0) is 41.5 Å². The number of amides is 2. The molecule has 0 spiro atoms. The van der Waals surface area contributed by atoms with Crippen molar-refractivity contribution in [1.29, 1.82) is 0 Å². The molecule has 22 heavy (non-hydrogen) atoms. The molecule has 1 aliphatic rings. The van der Waals surface area contributed by atoms with Crippen molar-refractivity contribution in [1.82, 2.24) is 10.2 Å². The van der Waals surface area contributed by atoms with E-state index in [1.165, 1.54) is 18.2 Å². The normalized spacial score (nSPS) is 14.0. The molecule has 0 bridgehead atoms. The van der Waals surface area contributed by atoms with Crippen molar-refractivity contribution in [3.63, 3.8) is 0 Å². The van der Waals surface area contributed by atoms with Crippen LogP contribution in [0.4, 0.5) is 5.69 Å². The van der Waals surface area contributed by atoms with E-state index in [-0.39, 0.29) is 30.1 Å². The second-order valence-electron chi connectivity index (χ2n) is 5.02. The third-order valence-corrected chi connectivity index (χ3v) is 4.43. The van der Waals surface area contributed by atoms with Crippen LogP contribution in [0.3, 0.4) is 0 Å². The van der Waals surface area contributed by atoms with Crippen LogP contribution in [0.1, 0.15) is 29.6 Å². The molecule has 1 saturated heterocycles. The van der Waals surface area contributed by atoms with Gasteiger partial charge < -0.3 is 10.2 Å². The summed E-state index contributed by atoms with van der Waals surface area (Å²) < 4.78 is 0.631. The Balaban J connectivity index is 1.90. The van der Waals surface area contributed by atoms with Crippen LogP contribution in [0.25, 0.3) is 0 Å². The molecule has 118 valence electrons. The fourth-order valence-corrected chi connectivity index (χ4v) is 2.88. The Morgan fingerprint density at radius 2 is 2.00 bits per heavy atom. The first-order valence-corrected chi connectivity index (χ1v) is 8.07. The van der Waals surface area contributed by atoms with Gasteiger partial charge in [0.25, 0.3) is 11.6 Å². The zero-order valence-corrected chi connectivity index (χ0v) is 14.0. The van der Waals surface area contributed by atoms with E-state index in [0.29, 0.717) is 3.57 Å². The summed E-state index contributed by atoms with van der Waals surface area (Å²) in [7, 11) is 0. The van der Waals surface area contributed by atoms with Crippen molar-refractivity contribution in [3.05, 3.63) is 37.4 Å². The molecule has 1 N–H and O–H groups in total. The number of non-ortho nitro benzene ring substituents is 1. The Bertz CT molecular complexity index is 600. The van der Waals surface area contributed by atoms with Crippen LogP contribution >= 0.6 is 22.6 Å². The number of hydrogen-bond acceptors (Lipinski definition) is 4. The highest BCUT2D eigenvalue weighted by Gasteiger charge is 2.19. The van der Waals surface area contributed by atoms with E-state index in [9.17, 15) is 19.7 Å². The van der Waals surface area contributed by atoms with Crippen LogP contribution < -0.4 is 5.32 Å². The van der Waals surface area contributed by atoms with Gasteiger partial charge in [-0.25, -0.2) is 0 Å². The Kier molecular flexibility index (Phi) is 5.69. The quantitative estimate of drug-likeness (QED) is 0.450. The SMILES string of the molecule is O=C(NCCC(=O)N1CCCC1)c1cc([N+](=O)[O-])ccc1I. The molecule has 0 atom stereocenters. The first-order chi connectivity index (χ1) is 10.5. The molecule has 0 aliphatic carbocycles. The maximum absolute atomic E-state index is 12.1. The lowest BCUT2D eigenvalue weighted by atomic mass is 10.2. The number of nitrogens with zero attached hydrogens (tertiary/aromatic N) is 2. The van der Waals surface area contributed by atoms with E-state index in [1.54, 1.807) is 4.90 Å². The number of nitro groups is 1. The summed E-state index contributed by atoms with van der Waals surface area (Å²) in [4.78, 5) is 36.0. The fourth-order valence-electron chi connectivity index (χ4n) is 2.30. The maximum Gasteiger partial charge on any atom is 0.270 e. The molecule has 2 amide bonds. The summed E-state index contributed by atoms with van der Waals surface area (Å²) >= 11 is 1.95. The Morgan fingerprint density at radius 3 is 2.64 bits per heavy atom. The van der Waals surface area contributed by atoms with Gasteiger partial charge in [-0.1, -0.05) is 0 Å². The number of carbonyl (C=O) groups is 2. The molecular formula is C14H16IN3O4. The average Bonchev–Trinajstić information content (AvgIpc) is 3.01. The molecule has 0 saturated carbocycles. The van der Waals surface area contributed by atoms with Gasteiger partial charge >= 0.3 is 0 Å². The standard InChI is InChI=1S/C14H16IN3O4/c15-12-4-3-10(18(21)22)9-11(12)14(20)16-6-5-13(19)17-7-1-2-8-17/h3-4,9H,1-2,5-8H2,(H,16,20). The first-order valence-electron chi connectivity index (χ1n) is 6.99. The molecule has 0 unspecified atom stereocenters. The lowest BCUT2D eigenvalue weighted by Crippen LogP contribution is -2.32. The van der Waals surface area contributed by atoms with E-state index in [1.807, 2.05) is 22.6 Å². The number of likely N-dealkylation sites (tertiary alicyclic amines) is 1. The van der Waals surface area contributed by atoms with Gasteiger partial charge in [-0.15, -0.1) is 0 Å². The summed E-state index contributed by atoms with van der Waals surface area (Å²) in [6.07, 6.45) is 2.31. The van der Waals surface area contributed by atoms with Gasteiger partial charge in [0.1, 0.15) is 0 Å². The lowest BCUT2D eigenvalue weighted by molar-refractivity contribution is -0.384. The van der Waals surface area contributed by atoms with Crippen LogP contribution in [0.15, 0.2) is 18.2 Å². The highest BCUT2D eigenvalue weighted by molar-refractivity contribution is 14.1. The third kappa shape index (κ3) is 4.15. The van der Waals surface area contributed by atoms with Crippen molar-refractivity contribution in [2.24, 2.45) is 0 Å². The fraction of sp³-hybridized carbons (Fsp3) is 0.429. The summed E-state index contributed by atoms with van der Waals surface area (Å²) in [5.41, 5.74) is 0.127. The van der Waals surface area contributed by atoms with Crippen LogP contribution in [0, 0.1) is 13.7 Å². The lowest BCUT2D eigenvalue weighted by Gasteiger charge is -2.15. The number of nitrogens with one attached hydrogen (secondary N) is 1. The molecule has 1 aromatic carbocycles. The molecule has 8 heteroatoms. The second-order valence-corrected chi connectivity index (χ2v) is 6.18. The molecule has 0 aromatic heterocycles. The van der Waals surface area contributed by atoms with Crippen molar-refractivity contribution in [2.75, 3.05) is 19.6 Å².